The van der Waals surface area contributed by atoms with E-state index in [1.807, 2.05) is 27.7 Å². The van der Waals surface area contributed by atoms with E-state index in [9.17, 15) is 9.59 Å². The third-order valence-corrected chi connectivity index (χ3v) is 3.58. The molecular formula is C19H39ClN2O4. The molecule has 0 aliphatic heterocycles. The minimum atomic E-state index is -0.157. The van der Waals surface area contributed by atoms with Crippen LogP contribution >= 0.6 is 11.6 Å². The van der Waals surface area contributed by atoms with E-state index >= 15 is 0 Å². The van der Waals surface area contributed by atoms with Crippen LogP contribution < -0.4 is 11.1 Å². The second-order valence-corrected chi connectivity index (χ2v) is 7.14. The Morgan fingerprint density at radius 2 is 1.46 bits per heavy atom. The maximum absolute atomic E-state index is 11.1. The fourth-order valence-electron chi connectivity index (χ4n) is 1.57. The van der Waals surface area contributed by atoms with E-state index in [1.165, 1.54) is 0 Å². The molecule has 0 radical (unpaired) electrons. The van der Waals surface area contributed by atoms with Crippen LogP contribution in [-0.2, 0) is 19.1 Å². The first kappa shape index (κ1) is 27.5. The summed E-state index contributed by atoms with van der Waals surface area (Å²) in [5.41, 5.74) is 5.15. The highest BCUT2D eigenvalue weighted by molar-refractivity contribution is 6.64. The maximum Gasteiger partial charge on any atom is 0.224 e. The molecule has 6 nitrogen and oxygen atoms in total. The van der Waals surface area contributed by atoms with Gasteiger partial charge in [-0.1, -0.05) is 7.43 Å². The highest BCUT2D eigenvalue weighted by Crippen LogP contribution is 2.30. The summed E-state index contributed by atoms with van der Waals surface area (Å²) in [5, 5.41) is 2.68. The lowest BCUT2D eigenvalue weighted by Gasteiger charge is -2.07. The Morgan fingerprint density at radius 1 is 1.00 bits per heavy atom. The van der Waals surface area contributed by atoms with Gasteiger partial charge >= 0.3 is 0 Å². The quantitative estimate of drug-likeness (QED) is 0.463. The molecule has 156 valence electrons. The molecule has 0 heterocycles. The number of halogens is 1. The van der Waals surface area contributed by atoms with Crippen LogP contribution in [0.25, 0.3) is 0 Å². The van der Waals surface area contributed by atoms with Crippen LogP contribution in [0.15, 0.2) is 0 Å². The summed E-state index contributed by atoms with van der Waals surface area (Å²) >= 11 is 5.04. The van der Waals surface area contributed by atoms with E-state index in [1.54, 1.807) is 0 Å². The lowest BCUT2D eigenvalue weighted by Crippen LogP contribution is -2.29. The van der Waals surface area contributed by atoms with Crippen molar-refractivity contribution >= 4 is 22.8 Å². The highest BCUT2D eigenvalue weighted by Gasteiger charge is 2.29. The van der Waals surface area contributed by atoms with E-state index in [0.717, 1.165) is 25.7 Å². The normalized spacial score (nSPS) is 15.2. The number of hydrogen-bond donors (Lipinski definition) is 2. The number of nitrogens with one attached hydrogen (secondary N) is 1. The van der Waals surface area contributed by atoms with Gasteiger partial charge in [-0.15, -0.1) is 0 Å². The molecule has 0 spiro atoms. The standard InChI is InChI=1S/C9H17NO2.C5H13NO.C4H5ClO.CH4/c1-7(2)12-6-5-10-9(11)8-3-4-8;1-5(2)7-4-3-6;5-4(6)3-1-2-3;/h7-8H,3-6H2,1-2H3,(H,10,11);5H,3-4,6H2,1-2H3;3H,1-2H2;1H4. The number of carbonyl (C=O) groups is 2. The van der Waals surface area contributed by atoms with E-state index in [2.05, 4.69) is 5.32 Å². The summed E-state index contributed by atoms with van der Waals surface area (Å²) < 4.78 is 10.3. The van der Waals surface area contributed by atoms with Crippen molar-refractivity contribution in [1.82, 2.24) is 5.32 Å². The Morgan fingerprint density at radius 3 is 1.73 bits per heavy atom. The van der Waals surface area contributed by atoms with Gasteiger partial charge in [0.05, 0.1) is 25.4 Å². The molecule has 1 amide bonds. The SMILES string of the molecule is C.CC(C)OCCN.CC(C)OCCNC(=O)C1CC1.O=C(Cl)C1CC1. The van der Waals surface area contributed by atoms with Gasteiger partial charge in [0.15, 0.2) is 0 Å². The summed E-state index contributed by atoms with van der Waals surface area (Å²) in [5.74, 6) is 0.734. The molecule has 2 fully saturated rings. The highest BCUT2D eigenvalue weighted by atomic mass is 35.5. The average Bonchev–Trinajstić information content (AvgIpc) is 3.41. The number of carbonyl (C=O) groups excluding carboxylic acids is 2. The van der Waals surface area contributed by atoms with Gasteiger partial charge in [-0.05, 0) is 65.0 Å². The molecular weight excluding hydrogens is 356 g/mol. The number of rotatable bonds is 9. The van der Waals surface area contributed by atoms with Gasteiger partial charge in [-0.25, -0.2) is 0 Å². The number of ether oxygens (including phenoxy) is 2. The zero-order valence-electron chi connectivity index (χ0n) is 16.1. The van der Waals surface area contributed by atoms with Crippen molar-refractivity contribution < 1.29 is 19.1 Å². The third-order valence-electron chi connectivity index (χ3n) is 3.27. The van der Waals surface area contributed by atoms with Crippen molar-refractivity contribution in [3.8, 4) is 0 Å². The largest absolute Gasteiger partial charge is 0.377 e. The Kier molecular flexibility index (Phi) is 17.4. The lowest BCUT2D eigenvalue weighted by atomic mass is 10.4. The summed E-state index contributed by atoms with van der Waals surface area (Å²) in [4.78, 5) is 21.1. The molecule has 0 aromatic carbocycles. The first-order valence-electron chi connectivity index (χ1n) is 9.18. The van der Waals surface area contributed by atoms with Gasteiger partial charge in [0.2, 0.25) is 11.1 Å². The summed E-state index contributed by atoms with van der Waals surface area (Å²) in [7, 11) is 0. The van der Waals surface area contributed by atoms with E-state index < -0.39 is 0 Å². The van der Waals surface area contributed by atoms with Crippen LogP contribution in [0.2, 0.25) is 0 Å². The minimum absolute atomic E-state index is 0. The second kappa shape index (κ2) is 16.5. The summed E-state index contributed by atoms with van der Waals surface area (Å²) in [6.07, 6.45) is 4.74. The second-order valence-electron chi connectivity index (χ2n) is 6.77. The smallest absolute Gasteiger partial charge is 0.224 e. The van der Waals surface area contributed by atoms with E-state index in [4.69, 9.17) is 26.8 Å². The Labute approximate surface area is 164 Å². The molecule has 7 heteroatoms. The van der Waals surface area contributed by atoms with E-state index in [-0.39, 0.29) is 30.6 Å². The fourth-order valence-corrected chi connectivity index (χ4v) is 1.79. The topological polar surface area (TPSA) is 90.7 Å². The maximum atomic E-state index is 11.1. The van der Waals surface area contributed by atoms with Crippen molar-refractivity contribution in [1.29, 1.82) is 0 Å². The monoisotopic (exact) mass is 394 g/mol. The van der Waals surface area contributed by atoms with Gasteiger partial charge in [0.1, 0.15) is 0 Å². The van der Waals surface area contributed by atoms with Gasteiger partial charge in [0.25, 0.3) is 0 Å². The van der Waals surface area contributed by atoms with E-state index in [0.29, 0.717) is 38.3 Å². The molecule has 0 bridgehead atoms. The van der Waals surface area contributed by atoms with Crippen molar-refractivity contribution in [3.63, 3.8) is 0 Å². The van der Waals surface area contributed by atoms with Crippen molar-refractivity contribution in [3.05, 3.63) is 0 Å². The first-order chi connectivity index (χ1) is 11.8. The number of hydrogen-bond acceptors (Lipinski definition) is 5. The Hall–Kier alpha value is -0.690. The van der Waals surface area contributed by atoms with Crippen LogP contribution in [-0.4, -0.2) is 49.7 Å². The summed E-state index contributed by atoms with van der Waals surface area (Å²) in [6.45, 7) is 10.5. The minimum Gasteiger partial charge on any atom is -0.377 e. The average molecular weight is 395 g/mol. The van der Waals surface area contributed by atoms with Crippen LogP contribution in [0.1, 0.15) is 60.8 Å². The molecule has 2 aliphatic rings. The lowest BCUT2D eigenvalue weighted by molar-refractivity contribution is -0.122. The van der Waals surface area contributed by atoms with Crippen LogP contribution in [0.4, 0.5) is 0 Å². The zero-order chi connectivity index (χ0) is 19.2. The van der Waals surface area contributed by atoms with Gasteiger partial charge in [-0.3, -0.25) is 9.59 Å². The molecule has 0 aromatic rings. The Balaban J connectivity index is 0. The van der Waals surface area contributed by atoms with Gasteiger partial charge in [0, 0.05) is 24.9 Å². The molecule has 0 unspecified atom stereocenters. The molecule has 0 atom stereocenters. The number of amides is 1. The molecule has 0 saturated heterocycles. The number of nitrogens with two attached hydrogens (primary N) is 1. The molecule has 2 aliphatic carbocycles. The predicted molar refractivity (Wildman–Crippen MR) is 107 cm³/mol. The molecule has 26 heavy (non-hydrogen) atoms. The van der Waals surface area contributed by atoms with Crippen molar-refractivity contribution in [2.24, 2.45) is 17.6 Å². The van der Waals surface area contributed by atoms with Crippen LogP contribution in [0.5, 0.6) is 0 Å². The van der Waals surface area contributed by atoms with Gasteiger partial charge < -0.3 is 20.5 Å². The molecule has 2 saturated carbocycles. The first-order valence-corrected chi connectivity index (χ1v) is 9.56. The Bertz CT molecular complexity index is 371. The molecule has 2 rings (SSSR count). The fraction of sp³-hybridized carbons (Fsp3) is 0.895. The van der Waals surface area contributed by atoms with Crippen LogP contribution in [0, 0.1) is 11.8 Å². The summed E-state index contributed by atoms with van der Waals surface area (Å²) in [6, 6.07) is 0. The zero-order valence-corrected chi connectivity index (χ0v) is 16.8. The van der Waals surface area contributed by atoms with Crippen LogP contribution in [0.3, 0.4) is 0 Å². The third kappa shape index (κ3) is 19.6. The van der Waals surface area contributed by atoms with Crippen molar-refractivity contribution in [2.45, 2.75) is 73.0 Å². The van der Waals surface area contributed by atoms with Gasteiger partial charge in [-0.2, -0.15) is 0 Å². The molecule has 0 aromatic heterocycles. The van der Waals surface area contributed by atoms with Crippen molar-refractivity contribution in [2.75, 3.05) is 26.3 Å². The predicted octanol–water partition coefficient (Wildman–Crippen LogP) is 3.11. The molecule has 3 N–H and O–H groups in total.